The largest absolute Gasteiger partial charge is 0.353 e. The molecule has 0 fully saturated rings. The normalized spacial score (nSPS) is 10.7. The molecule has 3 aromatic rings. The highest BCUT2D eigenvalue weighted by atomic mass is 35.5. The van der Waals surface area contributed by atoms with E-state index in [0.29, 0.717) is 21.8 Å². The number of hydrazone groups is 1. The molecule has 0 bridgehead atoms. The topological polar surface area (TPSA) is 82.6 Å². The van der Waals surface area contributed by atoms with Gasteiger partial charge in [0, 0.05) is 22.8 Å². The van der Waals surface area contributed by atoms with E-state index in [2.05, 4.69) is 21.2 Å². The van der Waals surface area contributed by atoms with Crippen LogP contribution >= 0.6 is 11.6 Å². The van der Waals surface area contributed by atoms with Gasteiger partial charge in [0.05, 0.1) is 11.9 Å². The fraction of sp³-hybridized carbons (Fsp3) is 0.0455. The lowest BCUT2D eigenvalue weighted by atomic mass is 10.2. The van der Waals surface area contributed by atoms with Crippen molar-refractivity contribution in [1.29, 1.82) is 0 Å². The average molecular weight is 443 g/mol. The average Bonchev–Trinajstić information content (AvgIpc) is 2.76. The molecule has 0 spiro atoms. The van der Waals surface area contributed by atoms with Crippen molar-refractivity contribution in [2.24, 2.45) is 5.10 Å². The van der Waals surface area contributed by atoms with Crippen molar-refractivity contribution in [3.05, 3.63) is 94.5 Å². The third kappa shape index (κ3) is 6.35. The second kappa shape index (κ2) is 10.3. The predicted octanol–water partition coefficient (Wildman–Crippen LogP) is 4.13. The van der Waals surface area contributed by atoms with Crippen LogP contribution in [0, 0.1) is 11.6 Å². The molecule has 0 radical (unpaired) electrons. The van der Waals surface area contributed by atoms with Crippen LogP contribution < -0.4 is 16.1 Å². The van der Waals surface area contributed by atoms with Crippen LogP contribution in [-0.2, 0) is 16.1 Å². The molecular formula is C22H17ClF2N4O2. The molecule has 2 amide bonds. The summed E-state index contributed by atoms with van der Waals surface area (Å²) in [7, 11) is 0. The lowest BCUT2D eigenvalue weighted by Crippen LogP contribution is -2.37. The van der Waals surface area contributed by atoms with Gasteiger partial charge in [-0.1, -0.05) is 35.9 Å². The third-order valence-corrected chi connectivity index (χ3v) is 4.33. The second-order valence-corrected chi connectivity index (χ2v) is 6.78. The number of amides is 2. The first-order valence-corrected chi connectivity index (χ1v) is 9.47. The molecule has 158 valence electrons. The Balaban J connectivity index is 1.61. The molecule has 0 saturated heterocycles. The number of hydrogen-bond donors (Lipinski definition) is 3. The SMILES string of the molecule is O=C(NCc1ccc(F)cc1)C(=O)N/N=C\c1cc(Cl)ccc1Nc1ccccc1F. The number of para-hydroxylation sites is 1. The van der Waals surface area contributed by atoms with Crippen LogP contribution in [0.1, 0.15) is 11.1 Å². The molecule has 3 rings (SSSR count). The van der Waals surface area contributed by atoms with E-state index in [9.17, 15) is 18.4 Å². The molecule has 0 aliphatic heterocycles. The van der Waals surface area contributed by atoms with Crippen LogP contribution in [0.5, 0.6) is 0 Å². The summed E-state index contributed by atoms with van der Waals surface area (Å²) in [6.45, 7) is 0.0568. The number of anilines is 2. The number of carbonyl (C=O) groups is 2. The monoisotopic (exact) mass is 442 g/mol. The number of nitrogens with zero attached hydrogens (tertiary/aromatic N) is 1. The molecule has 6 nitrogen and oxygen atoms in total. The molecule has 0 aliphatic carbocycles. The van der Waals surface area contributed by atoms with Crippen LogP contribution in [0.2, 0.25) is 5.02 Å². The first kappa shape index (κ1) is 21.9. The Labute approximate surface area is 181 Å². The highest BCUT2D eigenvalue weighted by molar-refractivity contribution is 6.35. The summed E-state index contributed by atoms with van der Waals surface area (Å²) in [5.74, 6) is -2.72. The maximum absolute atomic E-state index is 13.9. The Bertz CT molecular complexity index is 1120. The van der Waals surface area contributed by atoms with Crippen molar-refractivity contribution in [1.82, 2.24) is 10.7 Å². The summed E-state index contributed by atoms with van der Waals surface area (Å²) >= 11 is 6.01. The first-order valence-electron chi connectivity index (χ1n) is 9.09. The third-order valence-electron chi connectivity index (χ3n) is 4.10. The molecule has 31 heavy (non-hydrogen) atoms. The molecule has 0 unspecified atom stereocenters. The van der Waals surface area contributed by atoms with Gasteiger partial charge in [-0.05, 0) is 48.0 Å². The molecule has 0 atom stereocenters. The zero-order chi connectivity index (χ0) is 22.2. The summed E-state index contributed by atoms with van der Waals surface area (Å²) in [6.07, 6.45) is 1.28. The van der Waals surface area contributed by atoms with Crippen molar-refractivity contribution in [2.45, 2.75) is 6.54 Å². The zero-order valence-corrected chi connectivity index (χ0v) is 16.8. The fourth-order valence-electron chi connectivity index (χ4n) is 2.54. The smallest absolute Gasteiger partial charge is 0.329 e. The molecule has 9 heteroatoms. The molecule has 0 saturated carbocycles. The molecule has 3 N–H and O–H groups in total. The van der Waals surface area contributed by atoms with E-state index in [4.69, 9.17) is 11.6 Å². The number of benzene rings is 3. The van der Waals surface area contributed by atoms with Crippen LogP contribution in [-0.4, -0.2) is 18.0 Å². The van der Waals surface area contributed by atoms with Gasteiger partial charge in [-0.25, -0.2) is 14.2 Å². The Morgan fingerprint density at radius 1 is 0.935 bits per heavy atom. The molecule has 0 aliphatic rings. The number of rotatable bonds is 6. The summed E-state index contributed by atoms with van der Waals surface area (Å²) in [6, 6.07) is 16.4. The molecule has 0 heterocycles. The van der Waals surface area contributed by atoms with Gasteiger partial charge in [-0.15, -0.1) is 0 Å². The van der Waals surface area contributed by atoms with E-state index in [1.165, 1.54) is 36.5 Å². The van der Waals surface area contributed by atoms with Gasteiger partial charge in [-0.2, -0.15) is 5.10 Å². The van der Waals surface area contributed by atoms with E-state index in [0.717, 1.165) is 0 Å². The summed E-state index contributed by atoms with van der Waals surface area (Å²) in [5, 5.41) is 9.51. The van der Waals surface area contributed by atoms with Crippen LogP contribution in [0.3, 0.4) is 0 Å². The quantitative estimate of drug-likeness (QED) is 0.305. The van der Waals surface area contributed by atoms with Gasteiger partial charge in [0.1, 0.15) is 11.6 Å². The summed E-state index contributed by atoms with van der Waals surface area (Å²) in [5.41, 5.74) is 3.95. The van der Waals surface area contributed by atoms with E-state index in [1.807, 2.05) is 0 Å². The van der Waals surface area contributed by atoms with Crippen molar-refractivity contribution < 1.29 is 18.4 Å². The lowest BCUT2D eigenvalue weighted by molar-refractivity contribution is -0.139. The Morgan fingerprint density at radius 2 is 1.68 bits per heavy atom. The fourth-order valence-corrected chi connectivity index (χ4v) is 2.72. The number of hydrogen-bond acceptors (Lipinski definition) is 4. The standard InChI is InChI=1S/C22H17ClF2N4O2/c23-16-7-10-19(28-20-4-2-1-3-18(20)25)15(11-16)13-27-29-22(31)21(30)26-12-14-5-8-17(24)9-6-14/h1-11,13,28H,12H2,(H,26,30)(H,29,31)/b27-13-. The van der Waals surface area contributed by atoms with E-state index in [-0.39, 0.29) is 12.2 Å². The molecular weight excluding hydrogens is 426 g/mol. The van der Waals surface area contributed by atoms with Gasteiger partial charge >= 0.3 is 11.8 Å². The zero-order valence-electron chi connectivity index (χ0n) is 16.0. The van der Waals surface area contributed by atoms with Crippen molar-refractivity contribution >= 4 is 41.0 Å². The number of nitrogens with one attached hydrogen (secondary N) is 3. The minimum Gasteiger partial charge on any atom is -0.353 e. The van der Waals surface area contributed by atoms with E-state index in [1.54, 1.807) is 36.4 Å². The highest BCUT2D eigenvalue weighted by Crippen LogP contribution is 2.24. The van der Waals surface area contributed by atoms with Gasteiger partial charge in [0.2, 0.25) is 0 Å². The number of carbonyl (C=O) groups excluding carboxylic acids is 2. The minimum atomic E-state index is -0.982. The maximum atomic E-state index is 13.9. The van der Waals surface area contributed by atoms with Crippen LogP contribution in [0.4, 0.5) is 20.2 Å². The molecule has 0 aromatic heterocycles. The Kier molecular flexibility index (Phi) is 7.29. The number of halogens is 3. The summed E-state index contributed by atoms with van der Waals surface area (Å²) < 4.78 is 26.8. The Hall–Kier alpha value is -3.78. The van der Waals surface area contributed by atoms with Crippen molar-refractivity contribution in [2.75, 3.05) is 5.32 Å². The van der Waals surface area contributed by atoms with Gasteiger partial charge in [0.25, 0.3) is 0 Å². The van der Waals surface area contributed by atoms with E-state index < -0.39 is 23.4 Å². The van der Waals surface area contributed by atoms with Crippen LogP contribution in [0.15, 0.2) is 71.8 Å². The predicted molar refractivity (Wildman–Crippen MR) is 115 cm³/mol. The lowest BCUT2D eigenvalue weighted by Gasteiger charge is -2.10. The van der Waals surface area contributed by atoms with Crippen molar-refractivity contribution in [3.63, 3.8) is 0 Å². The van der Waals surface area contributed by atoms with Crippen molar-refractivity contribution in [3.8, 4) is 0 Å². The first-order chi connectivity index (χ1) is 14.9. The molecule has 3 aromatic carbocycles. The Morgan fingerprint density at radius 3 is 2.42 bits per heavy atom. The van der Waals surface area contributed by atoms with Gasteiger partial charge < -0.3 is 10.6 Å². The second-order valence-electron chi connectivity index (χ2n) is 6.34. The summed E-state index contributed by atoms with van der Waals surface area (Å²) in [4.78, 5) is 23.8. The highest BCUT2D eigenvalue weighted by Gasteiger charge is 2.12. The van der Waals surface area contributed by atoms with Gasteiger partial charge in [-0.3, -0.25) is 9.59 Å². The van der Waals surface area contributed by atoms with Crippen LogP contribution in [0.25, 0.3) is 0 Å². The van der Waals surface area contributed by atoms with Gasteiger partial charge in [0.15, 0.2) is 0 Å². The minimum absolute atomic E-state index is 0.0568. The maximum Gasteiger partial charge on any atom is 0.329 e. The van der Waals surface area contributed by atoms with E-state index >= 15 is 0 Å².